The predicted octanol–water partition coefficient (Wildman–Crippen LogP) is 4.04. The average Bonchev–Trinajstić information content (AvgIpc) is 2.81. The molecule has 1 heterocycles. The second-order valence-electron chi connectivity index (χ2n) is 4.65. The Kier molecular flexibility index (Phi) is 2.99. The van der Waals surface area contributed by atoms with Crippen LogP contribution in [0, 0.1) is 12.7 Å². The first kappa shape index (κ1) is 12.4. The summed E-state index contributed by atoms with van der Waals surface area (Å²) >= 11 is 0. The maximum Gasteiger partial charge on any atom is 0.230 e. The lowest BCUT2D eigenvalue weighted by molar-refractivity contribution is 0.439. The quantitative estimate of drug-likeness (QED) is 0.763. The first-order valence-electron chi connectivity index (χ1n) is 6.23. The number of aryl methyl sites for hydroxylation is 1. The Hall–Kier alpha value is -2.62. The minimum absolute atomic E-state index is 0.259. The summed E-state index contributed by atoms with van der Waals surface area (Å²) in [5.74, 6) is -0.0303. The largest absolute Gasteiger partial charge is 0.367 e. The van der Waals surface area contributed by atoms with Gasteiger partial charge in [0.25, 0.3) is 0 Å². The van der Waals surface area contributed by atoms with E-state index in [1.807, 2.05) is 31.2 Å². The van der Waals surface area contributed by atoms with Gasteiger partial charge in [0, 0.05) is 5.56 Å². The van der Waals surface area contributed by atoms with Gasteiger partial charge in [-0.2, -0.15) is 0 Å². The highest BCUT2D eigenvalue weighted by atomic mass is 19.1. The van der Waals surface area contributed by atoms with Crippen molar-refractivity contribution in [1.29, 1.82) is 0 Å². The SMILES string of the molecule is Cc1cccc(-c2c(-c3ccc(F)cc3)noc2N)c1. The van der Waals surface area contributed by atoms with Gasteiger partial charge >= 0.3 is 0 Å². The molecule has 20 heavy (non-hydrogen) atoms. The van der Waals surface area contributed by atoms with E-state index in [9.17, 15) is 4.39 Å². The van der Waals surface area contributed by atoms with Gasteiger partial charge in [0.1, 0.15) is 11.5 Å². The van der Waals surface area contributed by atoms with Gasteiger partial charge in [-0.3, -0.25) is 0 Å². The molecule has 3 nitrogen and oxygen atoms in total. The van der Waals surface area contributed by atoms with Crippen molar-refractivity contribution in [2.45, 2.75) is 6.92 Å². The minimum Gasteiger partial charge on any atom is -0.367 e. The number of rotatable bonds is 2. The molecule has 2 N–H and O–H groups in total. The molecule has 1 aromatic heterocycles. The summed E-state index contributed by atoms with van der Waals surface area (Å²) in [6.45, 7) is 2.00. The highest BCUT2D eigenvalue weighted by molar-refractivity contribution is 5.86. The van der Waals surface area contributed by atoms with Crippen molar-refractivity contribution in [1.82, 2.24) is 5.16 Å². The zero-order valence-corrected chi connectivity index (χ0v) is 10.9. The monoisotopic (exact) mass is 268 g/mol. The van der Waals surface area contributed by atoms with E-state index in [4.69, 9.17) is 10.3 Å². The fourth-order valence-corrected chi connectivity index (χ4v) is 2.19. The second kappa shape index (κ2) is 4.81. The van der Waals surface area contributed by atoms with Crippen LogP contribution in [0.25, 0.3) is 22.4 Å². The van der Waals surface area contributed by atoms with Crippen LogP contribution in [0.4, 0.5) is 10.3 Å². The van der Waals surface area contributed by atoms with Crippen LogP contribution in [-0.2, 0) is 0 Å². The first-order chi connectivity index (χ1) is 9.65. The molecule has 0 spiro atoms. The molecule has 0 aliphatic heterocycles. The number of hydrogen-bond donors (Lipinski definition) is 1. The van der Waals surface area contributed by atoms with Crippen LogP contribution in [0.5, 0.6) is 0 Å². The van der Waals surface area contributed by atoms with Crippen LogP contribution in [0.1, 0.15) is 5.56 Å². The normalized spacial score (nSPS) is 10.7. The molecule has 0 atom stereocenters. The summed E-state index contributed by atoms with van der Waals surface area (Å²) in [7, 11) is 0. The van der Waals surface area contributed by atoms with Crippen LogP contribution in [-0.4, -0.2) is 5.16 Å². The molecular weight excluding hydrogens is 255 g/mol. The Balaban J connectivity index is 2.17. The maximum atomic E-state index is 13.0. The number of aromatic nitrogens is 1. The van der Waals surface area contributed by atoms with Crippen molar-refractivity contribution in [2.24, 2.45) is 0 Å². The van der Waals surface area contributed by atoms with Crippen molar-refractivity contribution in [3.8, 4) is 22.4 Å². The van der Waals surface area contributed by atoms with E-state index in [0.717, 1.165) is 22.3 Å². The van der Waals surface area contributed by atoms with Gasteiger partial charge in [-0.25, -0.2) is 4.39 Å². The van der Waals surface area contributed by atoms with Crippen molar-refractivity contribution in [3.63, 3.8) is 0 Å². The van der Waals surface area contributed by atoms with Crippen LogP contribution < -0.4 is 5.73 Å². The Labute approximate surface area is 115 Å². The lowest BCUT2D eigenvalue weighted by Gasteiger charge is -2.04. The van der Waals surface area contributed by atoms with Gasteiger partial charge in [0.15, 0.2) is 0 Å². The molecule has 0 aliphatic carbocycles. The fraction of sp³-hybridized carbons (Fsp3) is 0.0625. The molecule has 0 bridgehead atoms. The third-order valence-corrected chi connectivity index (χ3v) is 3.14. The molecule has 3 aromatic rings. The number of halogens is 1. The molecule has 4 heteroatoms. The standard InChI is InChI=1S/C16H13FN2O/c1-10-3-2-4-12(9-10)14-15(19-20-16(14)18)11-5-7-13(17)8-6-11/h2-9H,18H2,1H3. The summed E-state index contributed by atoms with van der Waals surface area (Å²) in [5, 5.41) is 4.00. The van der Waals surface area contributed by atoms with Gasteiger partial charge in [-0.15, -0.1) is 0 Å². The third-order valence-electron chi connectivity index (χ3n) is 3.14. The summed E-state index contributed by atoms with van der Waals surface area (Å²) in [5.41, 5.74) is 10.1. The lowest BCUT2D eigenvalue weighted by Crippen LogP contribution is -1.88. The van der Waals surface area contributed by atoms with E-state index in [2.05, 4.69) is 5.16 Å². The Morgan fingerprint density at radius 1 is 1.05 bits per heavy atom. The Bertz CT molecular complexity index is 747. The van der Waals surface area contributed by atoms with Gasteiger partial charge in [-0.05, 0) is 36.8 Å². The van der Waals surface area contributed by atoms with Crippen molar-refractivity contribution in [3.05, 3.63) is 59.9 Å². The van der Waals surface area contributed by atoms with E-state index in [1.165, 1.54) is 12.1 Å². The van der Waals surface area contributed by atoms with Crippen molar-refractivity contribution < 1.29 is 8.91 Å². The predicted molar refractivity (Wildman–Crippen MR) is 76.5 cm³/mol. The number of anilines is 1. The number of benzene rings is 2. The summed E-state index contributed by atoms with van der Waals surface area (Å²) < 4.78 is 18.1. The number of nitrogens with zero attached hydrogens (tertiary/aromatic N) is 1. The van der Waals surface area contributed by atoms with E-state index >= 15 is 0 Å². The van der Waals surface area contributed by atoms with Crippen molar-refractivity contribution >= 4 is 5.88 Å². The third kappa shape index (κ3) is 2.16. The molecule has 0 radical (unpaired) electrons. The van der Waals surface area contributed by atoms with E-state index in [1.54, 1.807) is 12.1 Å². The highest BCUT2D eigenvalue weighted by Crippen LogP contribution is 2.36. The molecule has 2 aromatic carbocycles. The highest BCUT2D eigenvalue weighted by Gasteiger charge is 2.17. The molecule has 100 valence electrons. The molecule has 0 aliphatic rings. The van der Waals surface area contributed by atoms with Crippen LogP contribution in [0.2, 0.25) is 0 Å². The van der Waals surface area contributed by atoms with Gasteiger partial charge < -0.3 is 10.3 Å². The van der Waals surface area contributed by atoms with Gasteiger partial charge in [0.2, 0.25) is 5.88 Å². The van der Waals surface area contributed by atoms with E-state index < -0.39 is 0 Å². The van der Waals surface area contributed by atoms with E-state index in [-0.39, 0.29) is 11.7 Å². The Morgan fingerprint density at radius 2 is 1.80 bits per heavy atom. The molecule has 0 saturated heterocycles. The molecule has 0 saturated carbocycles. The van der Waals surface area contributed by atoms with Crippen LogP contribution in [0.3, 0.4) is 0 Å². The zero-order chi connectivity index (χ0) is 14.1. The average molecular weight is 268 g/mol. The second-order valence-corrected chi connectivity index (χ2v) is 4.65. The maximum absolute atomic E-state index is 13.0. The van der Waals surface area contributed by atoms with E-state index in [0.29, 0.717) is 5.69 Å². The fourth-order valence-electron chi connectivity index (χ4n) is 2.19. The number of nitrogens with two attached hydrogens (primary N) is 1. The number of nitrogen functional groups attached to an aromatic ring is 1. The first-order valence-corrected chi connectivity index (χ1v) is 6.23. The van der Waals surface area contributed by atoms with Crippen molar-refractivity contribution in [2.75, 3.05) is 5.73 Å². The topological polar surface area (TPSA) is 52.0 Å². The minimum atomic E-state index is -0.290. The summed E-state index contributed by atoms with van der Waals surface area (Å²) in [4.78, 5) is 0. The molecule has 3 rings (SSSR count). The number of hydrogen-bond acceptors (Lipinski definition) is 3. The van der Waals surface area contributed by atoms with Crippen LogP contribution >= 0.6 is 0 Å². The van der Waals surface area contributed by atoms with Gasteiger partial charge in [0.05, 0.1) is 5.56 Å². The summed E-state index contributed by atoms with van der Waals surface area (Å²) in [6, 6.07) is 14.0. The molecule has 0 fully saturated rings. The molecular formula is C16H13FN2O. The summed E-state index contributed by atoms with van der Waals surface area (Å²) in [6.07, 6.45) is 0. The van der Waals surface area contributed by atoms with Gasteiger partial charge in [-0.1, -0.05) is 35.0 Å². The zero-order valence-electron chi connectivity index (χ0n) is 10.9. The van der Waals surface area contributed by atoms with Crippen LogP contribution in [0.15, 0.2) is 53.1 Å². The lowest BCUT2D eigenvalue weighted by atomic mass is 9.99. The smallest absolute Gasteiger partial charge is 0.230 e. The molecule has 0 amide bonds. The molecule has 0 unspecified atom stereocenters. The Morgan fingerprint density at radius 3 is 2.50 bits per heavy atom.